The molecule has 3 atom stereocenters. The van der Waals surface area contributed by atoms with E-state index in [1.807, 2.05) is 0 Å². The van der Waals surface area contributed by atoms with Crippen molar-refractivity contribution in [2.45, 2.75) is 321 Å². The normalized spacial score (nSPS) is 13.5. The summed E-state index contributed by atoms with van der Waals surface area (Å²) in [6, 6.07) is -0.832. The summed E-state index contributed by atoms with van der Waals surface area (Å²) in [6.45, 7) is 4.19. The highest BCUT2D eigenvalue weighted by Gasteiger charge is 2.26. The molecule has 3 unspecified atom stereocenters. The van der Waals surface area contributed by atoms with Gasteiger partial charge >= 0.3 is 0 Å². The molecule has 0 saturated heterocycles. The van der Waals surface area contributed by atoms with Gasteiger partial charge in [0.25, 0.3) is 0 Å². The minimum atomic E-state index is -1.17. The smallest absolute Gasteiger partial charge is 0.220 e. The molecule has 0 radical (unpaired) electrons. The number of aliphatic hydroxyl groups excluding tert-OH is 3. The number of hydrogen-bond donors (Lipinski definition) is 4. The Bertz CT molecular complexity index is 978. The van der Waals surface area contributed by atoms with Crippen LogP contribution < -0.4 is 5.32 Å². The zero-order valence-corrected chi connectivity index (χ0v) is 42.5. The molecule has 0 rings (SSSR count). The van der Waals surface area contributed by atoms with Gasteiger partial charge in [0, 0.05) is 6.42 Å². The van der Waals surface area contributed by atoms with Crippen LogP contribution in [-0.4, -0.2) is 46.1 Å². The lowest BCUT2D eigenvalue weighted by Crippen LogP contribution is -2.50. The fraction of sp³-hybridized carbons (Fsp3) is 0.879. The van der Waals surface area contributed by atoms with E-state index in [0.717, 1.165) is 44.9 Å². The zero-order valence-electron chi connectivity index (χ0n) is 42.5. The molecule has 4 N–H and O–H groups in total. The third-order valence-corrected chi connectivity index (χ3v) is 13.2. The number of rotatable bonds is 52. The van der Waals surface area contributed by atoms with Crippen LogP contribution in [-0.2, 0) is 4.79 Å². The first-order valence-electron chi connectivity index (χ1n) is 28.3. The first-order valence-corrected chi connectivity index (χ1v) is 28.3. The Morgan fingerprint density at radius 3 is 0.968 bits per heavy atom. The Morgan fingerprint density at radius 2 is 0.651 bits per heavy atom. The molecule has 0 aliphatic carbocycles. The van der Waals surface area contributed by atoms with Gasteiger partial charge in [-0.05, 0) is 77.0 Å². The van der Waals surface area contributed by atoms with Crippen molar-refractivity contribution < 1.29 is 20.1 Å². The van der Waals surface area contributed by atoms with Crippen molar-refractivity contribution in [1.82, 2.24) is 5.32 Å². The average molecular weight is 887 g/mol. The van der Waals surface area contributed by atoms with Gasteiger partial charge in [-0.2, -0.15) is 0 Å². The van der Waals surface area contributed by atoms with Gasteiger partial charge in [0.15, 0.2) is 0 Å². The van der Waals surface area contributed by atoms with Gasteiger partial charge in [-0.3, -0.25) is 4.79 Å². The molecule has 0 saturated carbocycles. The lowest BCUT2D eigenvalue weighted by atomic mass is 10.0. The summed E-state index contributed by atoms with van der Waals surface area (Å²) in [5.41, 5.74) is 0. The molecule has 5 heteroatoms. The maximum Gasteiger partial charge on any atom is 0.220 e. The fourth-order valence-corrected chi connectivity index (χ4v) is 8.82. The summed E-state index contributed by atoms with van der Waals surface area (Å²) in [5.74, 6) is -0.155. The van der Waals surface area contributed by atoms with Crippen LogP contribution >= 0.6 is 0 Å². The van der Waals surface area contributed by atoms with E-state index in [1.54, 1.807) is 0 Å². The van der Waals surface area contributed by atoms with E-state index in [0.29, 0.717) is 12.8 Å². The van der Waals surface area contributed by atoms with Crippen LogP contribution in [0.15, 0.2) is 36.5 Å². The van der Waals surface area contributed by atoms with Crippen LogP contribution in [0, 0.1) is 0 Å². The van der Waals surface area contributed by atoms with Gasteiger partial charge in [0.2, 0.25) is 5.91 Å². The predicted octanol–water partition coefficient (Wildman–Crippen LogP) is 17.4. The van der Waals surface area contributed by atoms with Gasteiger partial charge < -0.3 is 20.6 Å². The summed E-state index contributed by atoms with van der Waals surface area (Å²) >= 11 is 0. The molecule has 372 valence electrons. The largest absolute Gasteiger partial charge is 0.394 e. The minimum Gasteiger partial charge on any atom is -0.394 e. The Morgan fingerprint density at radius 1 is 0.381 bits per heavy atom. The number of nitrogens with one attached hydrogen (secondary N) is 1. The van der Waals surface area contributed by atoms with Gasteiger partial charge in [0.05, 0.1) is 18.8 Å². The van der Waals surface area contributed by atoms with Crippen LogP contribution in [0.4, 0.5) is 0 Å². The monoisotopic (exact) mass is 886 g/mol. The van der Waals surface area contributed by atoms with Gasteiger partial charge in [-0.25, -0.2) is 0 Å². The van der Waals surface area contributed by atoms with E-state index in [2.05, 4.69) is 55.6 Å². The molecular weight excluding hydrogens is 775 g/mol. The van der Waals surface area contributed by atoms with Crippen molar-refractivity contribution in [3.8, 4) is 0 Å². The maximum absolute atomic E-state index is 12.5. The lowest BCUT2D eigenvalue weighted by molar-refractivity contribution is -0.124. The second-order valence-electron chi connectivity index (χ2n) is 19.5. The molecule has 0 bridgehead atoms. The van der Waals surface area contributed by atoms with Crippen molar-refractivity contribution in [3.05, 3.63) is 36.5 Å². The SMILES string of the molecule is CCCCCCCCCC/C=C/CC/C=C/CCCC(O)C(O)C(CO)NC(=O)CCCCCCCCCCCCCCCCCC/C=C\CCCCCCCCCCCCCC. The van der Waals surface area contributed by atoms with Crippen molar-refractivity contribution in [3.63, 3.8) is 0 Å². The summed E-state index contributed by atoms with van der Waals surface area (Å²) in [6.07, 6.45) is 68.8. The number of hydrogen-bond acceptors (Lipinski definition) is 4. The third kappa shape index (κ3) is 48.3. The highest BCUT2D eigenvalue weighted by Crippen LogP contribution is 2.17. The second kappa shape index (κ2) is 53.2. The Balaban J connectivity index is 3.53. The summed E-state index contributed by atoms with van der Waals surface area (Å²) < 4.78 is 0. The van der Waals surface area contributed by atoms with Crippen LogP contribution in [0.3, 0.4) is 0 Å². The number of unbranched alkanes of at least 4 members (excludes halogenated alkanes) is 38. The number of carbonyl (C=O) groups is 1. The Labute approximate surface area is 394 Å². The molecule has 1 amide bonds. The topological polar surface area (TPSA) is 89.8 Å². The summed E-state index contributed by atoms with van der Waals surface area (Å²) in [4.78, 5) is 12.5. The maximum atomic E-state index is 12.5. The summed E-state index contributed by atoms with van der Waals surface area (Å²) in [5, 5.41) is 33.7. The number of allylic oxidation sites excluding steroid dienone is 6. The van der Waals surface area contributed by atoms with Crippen LogP contribution in [0.5, 0.6) is 0 Å². The highest BCUT2D eigenvalue weighted by molar-refractivity contribution is 5.76. The van der Waals surface area contributed by atoms with Crippen molar-refractivity contribution in [1.29, 1.82) is 0 Å². The van der Waals surface area contributed by atoms with E-state index < -0.39 is 18.2 Å². The second-order valence-corrected chi connectivity index (χ2v) is 19.5. The standard InChI is InChI=1S/C58H111NO4/c1-3-5-7-9-11-13-15-17-19-21-22-23-24-25-26-27-28-29-30-31-32-33-34-35-37-39-41-43-45-47-49-51-53-57(62)59-55(54-60)58(63)56(61)52-50-48-46-44-42-40-38-36-20-18-16-14-12-10-8-6-4-2/h25-26,36,38,44,46,55-56,58,60-61,63H,3-24,27-35,37,39-43,45,47-54H2,1-2H3,(H,59,62)/b26-25-,38-36+,46-44+. The van der Waals surface area contributed by atoms with Gasteiger partial charge in [-0.1, -0.05) is 256 Å². The summed E-state index contributed by atoms with van der Waals surface area (Å²) in [7, 11) is 0. The molecule has 0 aliphatic rings. The Hall–Kier alpha value is -1.43. The van der Waals surface area contributed by atoms with Crippen molar-refractivity contribution in [2.75, 3.05) is 6.61 Å². The molecule has 0 aromatic heterocycles. The fourth-order valence-electron chi connectivity index (χ4n) is 8.82. The number of aliphatic hydroxyl groups is 3. The number of amides is 1. The van der Waals surface area contributed by atoms with E-state index in [-0.39, 0.29) is 12.5 Å². The van der Waals surface area contributed by atoms with Crippen LogP contribution in [0.2, 0.25) is 0 Å². The zero-order chi connectivity index (χ0) is 45.8. The van der Waals surface area contributed by atoms with Gasteiger partial charge in [-0.15, -0.1) is 0 Å². The van der Waals surface area contributed by atoms with E-state index in [9.17, 15) is 20.1 Å². The minimum absolute atomic E-state index is 0.155. The van der Waals surface area contributed by atoms with E-state index in [1.165, 1.54) is 231 Å². The third-order valence-electron chi connectivity index (χ3n) is 13.2. The first kappa shape index (κ1) is 61.6. The van der Waals surface area contributed by atoms with Crippen LogP contribution in [0.25, 0.3) is 0 Å². The molecule has 0 aliphatic heterocycles. The molecule has 63 heavy (non-hydrogen) atoms. The Kier molecular flexibility index (Phi) is 52.0. The van der Waals surface area contributed by atoms with E-state index >= 15 is 0 Å². The van der Waals surface area contributed by atoms with Crippen LogP contribution in [0.1, 0.15) is 303 Å². The highest BCUT2D eigenvalue weighted by atomic mass is 16.3. The molecule has 5 nitrogen and oxygen atoms in total. The first-order chi connectivity index (χ1) is 31.1. The van der Waals surface area contributed by atoms with Gasteiger partial charge in [0.1, 0.15) is 6.10 Å². The predicted molar refractivity (Wildman–Crippen MR) is 278 cm³/mol. The van der Waals surface area contributed by atoms with Crippen molar-refractivity contribution in [2.24, 2.45) is 0 Å². The molecule has 0 heterocycles. The molecule has 0 aromatic rings. The molecular formula is C58H111NO4. The average Bonchev–Trinajstić information content (AvgIpc) is 3.29. The number of carbonyl (C=O) groups excluding carboxylic acids is 1. The van der Waals surface area contributed by atoms with E-state index in [4.69, 9.17) is 0 Å². The molecule has 0 fully saturated rings. The molecule has 0 spiro atoms. The quantitative estimate of drug-likeness (QED) is 0.0362. The van der Waals surface area contributed by atoms with Crippen molar-refractivity contribution >= 4 is 5.91 Å². The molecule has 0 aromatic carbocycles. The lowest BCUT2D eigenvalue weighted by Gasteiger charge is -2.26.